The van der Waals surface area contributed by atoms with Crippen LogP contribution >= 0.6 is 0 Å². The van der Waals surface area contributed by atoms with Crippen molar-refractivity contribution >= 4 is 17.9 Å². The molecule has 0 aromatic rings. The Morgan fingerprint density at radius 3 is 0.823 bits per heavy atom. The summed E-state index contributed by atoms with van der Waals surface area (Å²) in [6, 6.07) is 0. The SMILES string of the molecule is CC/C=C\C/C=C\C/C=C\C/C=C\C/C=C\C/C=C\C/C=C\CCCCCCCC(=O)OCC(COC(=O)CCCCCCCCCCCCCCCCC)OC(=O)CC/C=C\C/C=C\C/C=C\C/C=C\C/C=C\C/C=C\CC. The average Bonchev–Trinajstić information content (AvgIpc) is 3.45. The van der Waals surface area contributed by atoms with Crippen LogP contribution in [-0.4, -0.2) is 37.2 Å². The van der Waals surface area contributed by atoms with E-state index >= 15 is 0 Å². The van der Waals surface area contributed by atoms with E-state index in [0.717, 1.165) is 141 Å². The second-order valence-electron chi connectivity index (χ2n) is 20.6. The highest BCUT2D eigenvalue weighted by Crippen LogP contribution is 2.15. The van der Waals surface area contributed by atoms with Gasteiger partial charge in [-0.05, 0) is 116 Å². The number of ether oxygens (including phenoxy) is 3. The fourth-order valence-electron chi connectivity index (χ4n) is 8.33. The summed E-state index contributed by atoms with van der Waals surface area (Å²) < 4.78 is 16.8. The van der Waals surface area contributed by atoms with Crippen LogP contribution in [-0.2, 0) is 28.6 Å². The number of unbranched alkanes of at least 4 members (excludes halogenated alkanes) is 19. The van der Waals surface area contributed by atoms with Gasteiger partial charge in [-0.25, -0.2) is 0 Å². The highest BCUT2D eigenvalue weighted by Gasteiger charge is 2.19. The summed E-state index contributed by atoms with van der Waals surface area (Å²) in [6.07, 6.45) is 95.4. The molecule has 0 spiro atoms. The van der Waals surface area contributed by atoms with Gasteiger partial charge in [0.05, 0.1) is 0 Å². The van der Waals surface area contributed by atoms with Crippen LogP contribution < -0.4 is 0 Å². The Balaban J connectivity index is 4.51. The summed E-state index contributed by atoms with van der Waals surface area (Å²) >= 11 is 0. The summed E-state index contributed by atoms with van der Waals surface area (Å²) in [5.41, 5.74) is 0. The lowest BCUT2D eigenvalue weighted by atomic mass is 10.0. The zero-order valence-electron chi connectivity index (χ0n) is 50.8. The lowest BCUT2D eigenvalue weighted by molar-refractivity contribution is -0.166. The Morgan fingerprint density at radius 2 is 0.519 bits per heavy atom. The molecule has 0 aromatic heterocycles. The molecule has 0 aliphatic rings. The molecular formula is C73H116O6. The van der Waals surface area contributed by atoms with Gasteiger partial charge in [0.25, 0.3) is 0 Å². The third-order valence-corrected chi connectivity index (χ3v) is 13.0. The van der Waals surface area contributed by atoms with E-state index in [1.54, 1.807) is 0 Å². The highest BCUT2D eigenvalue weighted by atomic mass is 16.6. The Kier molecular flexibility index (Phi) is 61.4. The molecule has 0 aliphatic carbocycles. The Bertz CT molecular complexity index is 1780. The molecule has 0 radical (unpaired) electrons. The maximum absolute atomic E-state index is 12.9. The number of allylic oxidation sites excluding steroid dienone is 26. The minimum Gasteiger partial charge on any atom is -0.462 e. The van der Waals surface area contributed by atoms with Gasteiger partial charge < -0.3 is 14.2 Å². The molecule has 6 heteroatoms. The average molecular weight is 1090 g/mol. The van der Waals surface area contributed by atoms with Crippen molar-refractivity contribution in [3.8, 4) is 0 Å². The van der Waals surface area contributed by atoms with Gasteiger partial charge in [0, 0.05) is 19.3 Å². The van der Waals surface area contributed by atoms with Gasteiger partial charge in [0.15, 0.2) is 6.10 Å². The Morgan fingerprint density at radius 1 is 0.266 bits per heavy atom. The minimum absolute atomic E-state index is 0.119. The van der Waals surface area contributed by atoms with Crippen LogP contribution in [0.3, 0.4) is 0 Å². The second kappa shape index (κ2) is 65.5. The van der Waals surface area contributed by atoms with Crippen molar-refractivity contribution in [2.24, 2.45) is 0 Å². The Hall–Kier alpha value is -4.97. The third-order valence-electron chi connectivity index (χ3n) is 13.0. The molecule has 79 heavy (non-hydrogen) atoms. The quantitative estimate of drug-likeness (QED) is 0.0261. The molecule has 0 bridgehead atoms. The molecule has 0 aromatic carbocycles. The molecule has 0 saturated heterocycles. The molecule has 0 amide bonds. The second-order valence-corrected chi connectivity index (χ2v) is 20.6. The molecule has 0 heterocycles. The number of hydrogen-bond donors (Lipinski definition) is 0. The highest BCUT2D eigenvalue weighted by molar-refractivity contribution is 5.71. The van der Waals surface area contributed by atoms with Gasteiger partial charge >= 0.3 is 17.9 Å². The molecule has 0 fully saturated rings. The van der Waals surface area contributed by atoms with Gasteiger partial charge in [0.2, 0.25) is 0 Å². The van der Waals surface area contributed by atoms with Crippen molar-refractivity contribution in [2.75, 3.05) is 13.2 Å². The van der Waals surface area contributed by atoms with E-state index in [2.05, 4.69) is 167 Å². The fraction of sp³-hybridized carbons (Fsp3) is 0.603. The first kappa shape index (κ1) is 74.0. The van der Waals surface area contributed by atoms with Crippen LogP contribution in [0.1, 0.15) is 265 Å². The van der Waals surface area contributed by atoms with Crippen molar-refractivity contribution in [1.82, 2.24) is 0 Å². The van der Waals surface area contributed by atoms with Crippen molar-refractivity contribution in [2.45, 2.75) is 271 Å². The predicted octanol–water partition coefficient (Wildman–Crippen LogP) is 22.1. The Labute approximate surface area is 486 Å². The van der Waals surface area contributed by atoms with E-state index in [1.165, 1.54) is 77.0 Å². The summed E-state index contributed by atoms with van der Waals surface area (Å²) in [7, 11) is 0. The lowest BCUT2D eigenvalue weighted by Gasteiger charge is -2.18. The zero-order valence-corrected chi connectivity index (χ0v) is 50.8. The molecule has 0 N–H and O–H groups in total. The van der Waals surface area contributed by atoms with Crippen molar-refractivity contribution in [3.05, 3.63) is 158 Å². The first-order chi connectivity index (χ1) is 39.0. The number of esters is 3. The van der Waals surface area contributed by atoms with Gasteiger partial charge in [-0.2, -0.15) is 0 Å². The fourth-order valence-corrected chi connectivity index (χ4v) is 8.33. The minimum atomic E-state index is -0.834. The predicted molar refractivity (Wildman–Crippen MR) is 343 cm³/mol. The van der Waals surface area contributed by atoms with Crippen molar-refractivity contribution in [1.29, 1.82) is 0 Å². The molecule has 1 unspecified atom stereocenters. The van der Waals surface area contributed by atoms with Gasteiger partial charge in [-0.15, -0.1) is 0 Å². The number of carbonyl (C=O) groups is 3. The van der Waals surface area contributed by atoms with E-state index in [1.807, 2.05) is 12.2 Å². The van der Waals surface area contributed by atoms with Gasteiger partial charge in [-0.1, -0.05) is 288 Å². The van der Waals surface area contributed by atoms with E-state index < -0.39 is 12.1 Å². The molecule has 0 aliphatic heterocycles. The first-order valence-electron chi connectivity index (χ1n) is 32.0. The molecular weight excluding hydrogens is 973 g/mol. The van der Waals surface area contributed by atoms with Crippen LogP contribution in [0.4, 0.5) is 0 Å². The summed E-state index contributed by atoms with van der Waals surface area (Å²) in [5, 5.41) is 0. The third kappa shape index (κ3) is 63.7. The normalized spacial score (nSPS) is 13.2. The first-order valence-corrected chi connectivity index (χ1v) is 32.0. The molecule has 1 atom stereocenters. The van der Waals surface area contributed by atoms with E-state index in [9.17, 15) is 14.4 Å². The van der Waals surface area contributed by atoms with Crippen LogP contribution in [0.2, 0.25) is 0 Å². The standard InChI is InChI=1S/C73H116O6/c1-4-7-10-13-16-19-22-25-28-30-32-33-34-35-36-37-38-39-41-42-45-48-51-54-57-60-63-66-72(75)78-69-70(68-77-71(74)65-62-59-56-53-50-47-44-27-24-21-18-15-12-9-6-3)79-73(76)67-64-61-58-55-52-49-46-43-40-31-29-26-23-20-17-14-11-8-5-2/h7-8,10-11,16-17,19-20,25-26,28-29,32-33,35-36,38-40,42-43,45,49,52,58,61,70H,4-6,9,12-15,18,21-24,27,30-31,34,37,41,44,46-48,50-51,53-57,59-60,62-69H2,1-3H3/b10-7-,11-8-,19-16-,20-17-,28-25-,29-26-,33-32-,36-35-,39-38-,43-40-,45-42-,52-49-,61-58-. The summed E-state index contributed by atoms with van der Waals surface area (Å²) in [5.74, 6) is -1.02. The topological polar surface area (TPSA) is 78.9 Å². The number of hydrogen-bond acceptors (Lipinski definition) is 6. The van der Waals surface area contributed by atoms with E-state index in [-0.39, 0.29) is 31.6 Å². The van der Waals surface area contributed by atoms with E-state index in [4.69, 9.17) is 14.2 Å². The van der Waals surface area contributed by atoms with Crippen LogP contribution in [0.5, 0.6) is 0 Å². The number of rotatable bonds is 56. The summed E-state index contributed by atoms with van der Waals surface area (Å²) in [4.78, 5) is 38.3. The maximum atomic E-state index is 12.9. The van der Waals surface area contributed by atoms with Gasteiger partial charge in [-0.3, -0.25) is 14.4 Å². The van der Waals surface area contributed by atoms with Crippen molar-refractivity contribution in [3.63, 3.8) is 0 Å². The monoisotopic (exact) mass is 1090 g/mol. The number of carbonyl (C=O) groups excluding carboxylic acids is 3. The lowest BCUT2D eigenvalue weighted by Crippen LogP contribution is -2.30. The smallest absolute Gasteiger partial charge is 0.306 e. The summed E-state index contributed by atoms with van der Waals surface area (Å²) in [6.45, 7) is 6.34. The van der Waals surface area contributed by atoms with Crippen LogP contribution in [0.25, 0.3) is 0 Å². The van der Waals surface area contributed by atoms with Gasteiger partial charge in [0.1, 0.15) is 13.2 Å². The van der Waals surface area contributed by atoms with Crippen molar-refractivity contribution < 1.29 is 28.6 Å². The zero-order chi connectivity index (χ0) is 57.1. The molecule has 444 valence electrons. The van der Waals surface area contributed by atoms with Crippen LogP contribution in [0.15, 0.2) is 158 Å². The molecule has 0 rings (SSSR count). The maximum Gasteiger partial charge on any atom is 0.306 e. The van der Waals surface area contributed by atoms with E-state index in [0.29, 0.717) is 19.3 Å². The molecule has 0 saturated carbocycles. The largest absolute Gasteiger partial charge is 0.462 e. The van der Waals surface area contributed by atoms with Crippen LogP contribution in [0, 0.1) is 0 Å². The molecule has 6 nitrogen and oxygen atoms in total.